The number of sulfonamides is 1. The zero-order chi connectivity index (χ0) is 18.6. The summed E-state index contributed by atoms with van der Waals surface area (Å²) in [7, 11) is -3.66. The predicted molar refractivity (Wildman–Crippen MR) is 92.8 cm³/mol. The number of halogens is 2. The molecule has 0 unspecified atom stereocenters. The fraction of sp³-hybridized carbons (Fsp3) is 0.588. The molecule has 25 heavy (non-hydrogen) atoms. The number of hydrogen-bond donors (Lipinski definition) is 0. The molecule has 8 heteroatoms. The molecule has 1 aliphatic rings. The first-order valence-corrected chi connectivity index (χ1v) is 10.2. The van der Waals surface area contributed by atoms with Gasteiger partial charge in [-0.25, -0.2) is 17.2 Å². The highest BCUT2D eigenvalue weighted by molar-refractivity contribution is 7.92. The van der Waals surface area contributed by atoms with Crippen molar-refractivity contribution in [2.45, 2.75) is 32.6 Å². The molecule has 1 aliphatic heterocycles. The van der Waals surface area contributed by atoms with E-state index < -0.39 is 21.7 Å². The second-order valence-electron chi connectivity index (χ2n) is 6.62. The van der Waals surface area contributed by atoms with E-state index in [0.29, 0.717) is 12.3 Å². The minimum atomic E-state index is -3.66. The van der Waals surface area contributed by atoms with Gasteiger partial charge in [-0.15, -0.1) is 0 Å². The minimum Gasteiger partial charge on any atom is -0.342 e. The quantitative estimate of drug-likeness (QED) is 0.769. The number of benzene rings is 1. The molecule has 1 heterocycles. The van der Waals surface area contributed by atoms with Gasteiger partial charge in [0.25, 0.3) is 0 Å². The van der Waals surface area contributed by atoms with Gasteiger partial charge in [0.1, 0.15) is 0 Å². The molecule has 140 valence electrons. The van der Waals surface area contributed by atoms with Crippen molar-refractivity contribution in [1.29, 1.82) is 0 Å². The Hall–Kier alpha value is -1.70. The Labute approximate surface area is 147 Å². The number of amides is 1. The molecular formula is C17H24F2N2O3S. The highest BCUT2D eigenvalue weighted by Crippen LogP contribution is 2.22. The van der Waals surface area contributed by atoms with Crippen molar-refractivity contribution in [3.8, 4) is 0 Å². The average Bonchev–Trinajstić information content (AvgIpc) is 2.53. The lowest BCUT2D eigenvalue weighted by atomic mass is 10.00. The summed E-state index contributed by atoms with van der Waals surface area (Å²) < 4.78 is 51.4. The van der Waals surface area contributed by atoms with Crippen molar-refractivity contribution in [2.75, 3.05) is 30.2 Å². The minimum absolute atomic E-state index is 0.00490. The van der Waals surface area contributed by atoms with Gasteiger partial charge in [-0.1, -0.05) is 6.92 Å². The van der Waals surface area contributed by atoms with E-state index in [9.17, 15) is 22.0 Å². The van der Waals surface area contributed by atoms with E-state index in [0.717, 1.165) is 48.6 Å². The van der Waals surface area contributed by atoms with Gasteiger partial charge in [-0.05, 0) is 37.3 Å². The van der Waals surface area contributed by atoms with Crippen LogP contribution in [0.15, 0.2) is 18.2 Å². The summed E-state index contributed by atoms with van der Waals surface area (Å²) in [6.07, 6.45) is 3.64. The third-order valence-electron chi connectivity index (χ3n) is 4.35. The third kappa shape index (κ3) is 5.39. The Balaban J connectivity index is 1.99. The van der Waals surface area contributed by atoms with Crippen LogP contribution in [0.25, 0.3) is 0 Å². The topological polar surface area (TPSA) is 57.7 Å². The highest BCUT2D eigenvalue weighted by Gasteiger charge is 2.22. The monoisotopic (exact) mass is 374 g/mol. The Morgan fingerprint density at radius 2 is 2.04 bits per heavy atom. The molecule has 0 saturated carbocycles. The molecular weight excluding hydrogens is 350 g/mol. The van der Waals surface area contributed by atoms with E-state index in [4.69, 9.17) is 0 Å². The summed E-state index contributed by atoms with van der Waals surface area (Å²) in [5.41, 5.74) is 0.0560. The highest BCUT2D eigenvalue weighted by atomic mass is 32.2. The Bertz CT molecular complexity index is 725. The first kappa shape index (κ1) is 19.6. The number of hydrogen-bond acceptors (Lipinski definition) is 3. The first-order valence-electron chi connectivity index (χ1n) is 8.39. The van der Waals surface area contributed by atoms with Crippen LogP contribution in [-0.2, 0) is 14.8 Å². The van der Waals surface area contributed by atoms with E-state index in [-0.39, 0.29) is 24.6 Å². The molecule has 0 spiro atoms. The Kier molecular flexibility index (Phi) is 6.37. The third-order valence-corrected chi connectivity index (χ3v) is 5.55. The maximum atomic E-state index is 13.4. The zero-order valence-electron chi connectivity index (χ0n) is 14.5. The van der Waals surface area contributed by atoms with Crippen molar-refractivity contribution >= 4 is 21.6 Å². The maximum absolute atomic E-state index is 13.4. The van der Waals surface area contributed by atoms with E-state index >= 15 is 0 Å². The van der Waals surface area contributed by atoms with Crippen LogP contribution >= 0.6 is 0 Å². The van der Waals surface area contributed by atoms with Crippen molar-refractivity contribution in [3.05, 3.63) is 29.8 Å². The molecule has 0 radical (unpaired) electrons. The summed E-state index contributed by atoms with van der Waals surface area (Å²) in [6, 6.07) is 2.96. The molecule has 1 saturated heterocycles. The predicted octanol–water partition coefficient (Wildman–Crippen LogP) is 2.77. The van der Waals surface area contributed by atoms with Gasteiger partial charge in [0.15, 0.2) is 11.6 Å². The van der Waals surface area contributed by atoms with Gasteiger partial charge < -0.3 is 4.90 Å². The van der Waals surface area contributed by atoms with Crippen LogP contribution in [0.4, 0.5) is 14.5 Å². The van der Waals surface area contributed by atoms with Crippen molar-refractivity contribution in [2.24, 2.45) is 5.92 Å². The van der Waals surface area contributed by atoms with Crippen LogP contribution in [0.3, 0.4) is 0 Å². The van der Waals surface area contributed by atoms with Gasteiger partial charge in [-0.2, -0.15) is 0 Å². The van der Waals surface area contributed by atoms with Gasteiger partial charge in [0.2, 0.25) is 15.9 Å². The van der Waals surface area contributed by atoms with Gasteiger partial charge in [0.05, 0.1) is 11.9 Å². The summed E-state index contributed by atoms with van der Waals surface area (Å²) in [5, 5.41) is 0. The Morgan fingerprint density at radius 3 is 2.64 bits per heavy atom. The van der Waals surface area contributed by atoms with Gasteiger partial charge in [0, 0.05) is 32.1 Å². The molecule has 0 aliphatic carbocycles. The van der Waals surface area contributed by atoms with Gasteiger partial charge in [-0.3, -0.25) is 9.10 Å². The van der Waals surface area contributed by atoms with Crippen LogP contribution in [0.5, 0.6) is 0 Å². The molecule has 0 N–H and O–H groups in total. The lowest BCUT2D eigenvalue weighted by Crippen LogP contribution is -2.39. The summed E-state index contributed by atoms with van der Waals surface area (Å²) in [4.78, 5) is 14.1. The second-order valence-corrected chi connectivity index (χ2v) is 8.53. The number of rotatable bonds is 6. The largest absolute Gasteiger partial charge is 0.342 e. The van der Waals surface area contributed by atoms with Crippen molar-refractivity contribution in [3.63, 3.8) is 0 Å². The molecule has 1 atom stereocenters. The molecule has 1 aromatic carbocycles. The summed E-state index contributed by atoms with van der Waals surface area (Å²) >= 11 is 0. The van der Waals surface area contributed by atoms with Crippen LogP contribution < -0.4 is 4.31 Å². The standard InChI is InChI=1S/C17H24F2N2O3S/c1-13-5-3-9-20(12-13)17(22)6-4-10-21(25(2,23)24)14-7-8-15(18)16(19)11-14/h7-8,11,13H,3-6,9-10,12H2,1-2H3/t13-/m0/s1. The van der Waals surface area contributed by atoms with Crippen molar-refractivity contribution in [1.82, 2.24) is 4.90 Å². The number of carbonyl (C=O) groups excluding carboxylic acids is 1. The first-order chi connectivity index (χ1) is 11.7. The van der Waals surface area contributed by atoms with E-state index in [1.165, 1.54) is 6.07 Å². The molecule has 0 aromatic heterocycles. The normalized spacial score (nSPS) is 18.2. The van der Waals surface area contributed by atoms with Gasteiger partial charge >= 0.3 is 0 Å². The number of nitrogens with zero attached hydrogens (tertiary/aromatic N) is 2. The van der Waals surface area contributed by atoms with Crippen LogP contribution in [0.2, 0.25) is 0 Å². The van der Waals surface area contributed by atoms with Crippen molar-refractivity contribution < 1.29 is 22.0 Å². The fourth-order valence-electron chi connectivity index (χ4n) is 3.07. The smallest absolute Gasteiger partial charge is 0.232 e. The zero-order valence-corrected chi connectivity index (χ0v) is 15.4. The van der Waals surface area contributed by atoms with Crippen LogP contribution in [0.1, 0.15) is 32.6 Å². The molecule has 5 nitrogen and oxygen atoms in total. The molecule has 0 bridgehead atoms. The van der Waals surface area contributed by atoms with E-state index in [2.05, 4.69) is 6.92 Å². The SMILES string of the molecule is C[C@H]1CCCN(C(=O)CCCN(c2ccc(F)c(F)c2)S(C)(=O)=O)C1. The molecule has 1 amide bonds. The number of likely N-dealkylation sites (tertiary alicyclic amines) is 1. The van der Waals surface area contributed by atoms with E-state index in [1.807, 2.05) is 4.90 Å². The molecule has 2 rings (SSSR count). The summed E-state index contributed by atoms with van der Waals surface area (Å²) in [6.45, 7) is 3.62. The number of anilines is 1. The fourth-order valence-corrected chi connectivity index (χ4v) is 4.03. The lowest BCUT2D eigenvalue weighted by molar-refractivity contribution is -0.132. The lowest BCUT2D eigenvalue weighted by Gasteiger charge is -2.31. The number of carbonyl (C=O) groups is 1. The molecule has 1 aromatic rings. The number of piperidine rings is 1. The average molecular weight is 374 g/mol. The van der Waals surface area contributed by atoms with E-state index in [1.54, 1.807) is 0 Å². The van der Waals surface area contributed by atoms with Crippen LogP contribution in [0, 0.1) is 17.6 Å². The Morgan fingerprint density at radius 1 is 1.32 bits per heavy atom. The van der Waals surface area contributed by atoms with Crippen LogP contribution in [-0.4, -0.2) is 45.1 Å². The summed E-state index contributed by atoms with van der Waals surface area (Å²) in [5.74, 6) is -1.66. The second kappa shape index (κ2) is 8.12. The maximum Gasteiger partial charge on any atom is 0.232 e. The molecule has 1 fully saturated rings.